The highest BCUT2D eigenvalue weighted by Crippen LogP contribution is 2.30. The van der Waals surface area contributed by atoms with Crippen molar-refractivity contribution < 1.29 is 26.9 Å². The summed E-state index contributed by atoms with van der Waals surface area (Å²) in [5.41, 5.74) is 1.79. The van der Waals surface area contributed by atoms with E-state index < -0.39 is 12.1 Å². The number of carbonyl (C=O) groups excluding carboxylic acids is 1. The third kappa shape index (κ3) is 3.43. The van der Waals surface area contributed by atoms with Crippen LogP contribution in [0.25, 0.3) is 22.4 Å². The van der Waals surface area contributed by atoms with Crippen molar-refractivity contribution in [2.24, 2.45) is 0 Å². The standard InChI is InChI=1S/C16H11F3N6O3/c17-16(18,19)15-23-13(24-28-15)9-1-2-10-12(5-9)25(7-21-10)4-3-20-14(26)11-6-27-8-22-11/h1-2,5-8H,3-4H2,(H,20,26). The van der Waals surface area contributed by atoms with Crippen LogP contribution in [0.5, 0.6) is 0 Å². The average molecular weight is 392 g/mol. The molecule has 1 N–H and O–H groups in total. The van der Waals surface area contributed by atoms with Crippen LogP contribution in [0.3, 0.4) is 0 Å². The summed E-state index contributed by atoms with van der Waals surface area (Å²) in [6.45, 7) is 0.658. The molecule has 3 aromatic heterocycles. The maximum absolute atomic E-state index is 12.6. The molecule has 0 atom stereocenters. The van der Waals surface area contributed by atoms with E-state index >= 15 is 0 Å². The number of imidazole rings is 1. The second kappa shape index (κ2) is 6.79. The van der Waals surface area contributed by atoms with Crippen LogP contribution in [0.15, 0.2) is 46.1 Å². The summed E-state index contributed by atoms with van der Waals surface area (Å²) in [6.07, 6.45) is -0.760. The van der Waals surface area contributed by atoms with Crippen LogP contribution in [0.2, 0.25) is 0 Å². The van der Waals surface area contributed by atoms with Gasteiger partial charge in [-0.05, 0) is 18.2 Å². The lowest BCUT2D eigenvalue weighted by atomic mass is 10.2. The number of halogens is 3. The quantitative estimate of drug-likeness (QED) is 0.555. The van der Waals surface area contributed by atoms with Crippen molar-refractivity contribution in [1.29, 1.82) is 0 Å². The maximum atomic E-state index is 12.6. The van der Waals surface area contributed by atoms with Gasteiger partial charge in [-0.3, -0.25) is 4.79 Å². The van der Waals surface area contributed by atoms with E-state index in [1.807, 2.05) is 0 Å². The van der Waals surface area contributed by atoms with Crippen LogP contribution in [0.4, 0.5) is 13.2 Å². The number of fused-ring (bicyclic) bond motifs is 1. The summed E-state index contributed by atoms with van der Waals surface area (Å²) in [7, 11) is 0. The van der Waals surface area contributed by atoms with E-state index in [0.717, 1.165) is 6.39 Å². The summed E-state index contributed by atoms with van der Waals surface area (Å²) in [6, 6.07) is 4.79. The zero-order valence-electron chi connectivity index (χ0n) is 14.0. The smallest absolute Gasteiger partial charge is 0.451 e. The predicted octanol–water partition coefficient (Wildman–Crippen LogP) is 2.52. The van der Waals surface area contributed by atoms with E-state index in [9.17, 15) is 18.0 Å². The van der Waals surface area contributed by atoms with Crippen LogP contribution in [0, 0.1) is 0 Å². The molecule has 4 aromatic rings. The Morgan fingerprint density at radius 2 is 2.11 bits per heavy atom. The minimum Gasteiger partial charge on any atom is -0.451 e. The van der Waals surface area contributed by atoms with E-state index in [2.05, 4.69) is 29.9 Å². The Bertz CT molecular complexity index is 1120. The number of amides is 1. The van der Waals surface area contributed by atoms with E-state index in [0.29, 0.717) is 23.1 Å². The topological polar surface area (TPSA) is 112 Å². The number of benzene rings is 1. The minimum atomic E-state index is -4.71. The number of aromatic nitrogens is 5. The Kier molecular flexibility index (Phi) is 4.29. The molecular weight excluding hydrogens is 381 g/mol. The molecule has 4 rings (SSSR count). The van der Waals surface area contributed by atoms with Crippen molar-refractivity contribution in [1.82, 2.24) is 30.0 Å². The van der Waals surface area contributed by atoms with Gasteiger partial charge in [-0.1, -0.05) is 5.16 Å². The normalized spacial score (nSPS) is 11.8. The molecule has 0 aliphatic rings. The fraction of sp³-hybridized carbons (Fsp3) is 0.188. The second-order valence-corrected chi connectivity index (χ2v) is 5.69. The summed E-state index contributed by atoms with van der Waals surface area (Å²) >= 11 is 0. The molecule has 0 saturated heterocycles. The lowest BCUT2D eigenvalue weighted by Gasteiger charge is -2.06. The van der Waals surface area contributed by atoms with Crippen molar-refractivity contribution in [3.05, 3.63) is 48.8 Å². The Morgan fingerprint density at radius 3 is 2.82 bits per heavy atom. The van der Waals surface area contributed by atoms with Crippen molar-refractivity contribution in [3.63, 3.8) is 0 Å². The zero-order chi connectivity index (χ0) is 19.7. The van der Waals surface area contributed by atoms with Gasteiger partial charge in [0.15, 0.2) is 12.1 Å². The number of carbonyl (C=O) groups is 1. The monoisotopic (exact) mass is 392 g/mol. The summed E-state index contributed by atoms with van der Waals surface area (Å²) < 4.78 is 48.7. The number of alkyl halides is 3. The number of hydrogen-bond acceptors (Lipinski definition) is 7. The van der Waals surface area contributed by atoms with Crippen molar-refractivity contribution in [2.75, 3.05) is 6.54 Å². The Labute approximate surface area is 154 Å². The first kappa shape index (κ1) is 17.7. The Balaban J connectivity index is 1.51. The van der Waals surface area contributed by atoms with Crippen LogP contribution >= 0.6 is 0 Å². The first-order valence-electron chi connectivity index (χ1n) is 7.94. The van der Waals surface area contributed by atoms with E-state index in [-0.39, 0.29) is 24.0 Å². The minimum absolute atomic E-state index is 0.162. The molecule has 0 saturated carbocycles. The van der Waals surface area contributed by atoms with Crippen molar-refractivity contribution >= 4 is 16.9 Å². The molecule has 12 heteroatoms. The predicted molar refractivity (Wildman–Crippen MR) is 86.9 cm³/mol. The van der Waals surface area contributed by atoms with Crippen molar-refractivity contribution in [3.8, 4) is 11.4 Å². The second-order valence-electron chi connectivity index (χ2n) is 5.69. The molecular formula is C16H11F3N6O3. The van der Waals surface area contributed by atoms with Gasteiger partial charge in [0.25, 0.3) is 5.91 Å². The van der Waals surface area contributed by atoms with Gasteiger partial charge in [0.05, 0.1) is 17.4 Å². The fourth-order valence-corrected chi connectivity index (χ4v) is 2.54. The van der Waals surface area contributed by atoms with Crippen LogP contribution < -0.4 is 5.32 Å². The van der Waals surface area contributed by atoms with Gasteiger partial charge in [-0.2, -0.15) is 18.2 Å². The first-order chi connectivity index (χ1) is 13.4. The highest BCUT2D eigenvalue weighted by molar-refractivity contribution is 5.91. The van der Waals surface area contributed by atoms with E-state index in [1.54, 1.807) is 29.1 Å². The van der Waals surface area contributed by atoms with Gasteiger partial charge in [0.2, 0.25) is 5.82 Å². The first-order valence-corrected chi connectivity index (χ1v) is 7.94. The molecule has 0 bridgehead atoms. The Morgan fingerprint density at radius 1 is 1.25 bits per heavy atom. The molecule has 1 amide bonds. The molecule has 0 aliphatic heterocycles. The van der Waals surface area contributed by atoms with Crippen molar-refractivity contribution in [2.45, 2.75) is 12.7 Å². The average Bonchev–Trinajstić information content (AvgIpc) is 3.41. The SMILES string of the molecule is O=C(NCCn1cnc2ccc(-c3noc(C(F)(F)F)n3)cc21)c1cocn1. The fourth-order valence-electron chi connectivity index (χ4n) is 2.54. The molecule has 3 heterocycles. The molecule has 28 heavy (non-hydrogen) atoms. The third-order valence-electron chi connectivity index (χ3n) is 3.85. The highest BCUT2D eigenvalue weighted by Gasteiger charge is 2.38. The number of nitrogens with zero attached hydrogens (tertiary/aromatic N) is 5. The van der Waals surface area contributed by atoms with Gasteiger partial charge in [-0.25, -0.2) is 9.97 Å². The lowest BCUT2D eigenvalue weighted by Crippen LogP contribution is -2.27. The van der Waals surface area contributed by atoms with E-state index in [4.69, 9.17) is 4.42 Å². The number of oxazole rings is 1. The Hall–Kier alpha value is -3.70. The highest BCUT2D eigenvalue weighted by atomic mass is 19.4. The van der Waals surface area contributed by atoms with E-state index in [1.165, 1.54) is 6.26 Å². The molecule has 144 valence electrons. The van der Waals surface area contributed by atoms with Crippen LogP contribution in [0.1, 0.15) is 16.4 Å². The molecule has 1 aromatic carbocycles. The van der Waals surface area contributed by atoms with Crippen LogP contribution in [-0.2, 0) is 12.7 Å². The summed E-state index contributed by atoms with van der Waals surface area (Å²) in [5.74, 6) is -1.97. The number of nitrogens with one attached hydrogen (secondary N) is 1. The molecule has 0 spiro atoms. The van der Waals surface area contributed by atoms with Gasteiger partial charge in [0.1, 0.15) is 6.26 Å². The largest absolute Gasteiger partial charge is 0.471 e. The van der Waals surface area contributed by atoms with Gasteiger partial charge in [-0.15, -0.1) is 0 Å². The number of rotatable bonds is 5. The summed E-state index contributed by atoms with van der Waals surface area (Å²) in [4.78, 5) is 23.2. The molecule has 9 nitrogen and oxygen atoms in total. The van der Waals surface area contributed by atoms with Gasteiger partial charge >= 0.3 is 12.1 Å². The zero-order valence-corrected chi connectivity index (χ0v) is 14.0. The van der Waals surface area contributed by atoms with Crippen LogP contribution in [-0.4, -0.2) is 37.1 Å². The maximum Gasteiger partial charge on any atom is 0.471 e. The molecule has 0 radical (unpaired) electrons. The molecule has 0 fully saturated rings. The lowest BCUT2D eigenvalue weighted by molar-refractivity contribution is -0.159. The molecule has 0 aliphatic carbocycles. The third-order valence-corrected chi connectivity index (χ3v) is 3.85. The summed E-state index contributed by atoms with van der Waals surface area (Å²) in [5, 5.41) is 6.06. The molecule has 0 unspecified atom stereocenters. The van der Waals surface area contributed by atoms with Gasteiger partial charge < -0.3 is 18.8 Å². The number of hydrogen-bond donors (Lipinski definition) is 1. The van der Waals surface area contributed by atoms with Gasteiger partial charge in [0, 0.05) is 18.7 Å².